The molecule has 8 nitrogen and oxygen atoms in total. The van der Waals surface area contributed by atoms with Crippen molar-refractivity contribution in [2.24, 2.45) is 0 Å². The Morgan fingerprint density at radius 2 is 1.78 bits per heavy atom. The van der Waals surface area contributed by atoms with E-state index in [1.807, 2.05) is 61.5 Å². The molecule has 36 heavy (non-hydrogen) atoms. The standard InChI is InChI=1S/C28H21N5O3/c1-18-14-25(31-26-23(18)12-7-13-24(26)35-2)33-27(20(16-29)17-30-33)32-28(34)19-8-6-11-22(15-19)36-21-9-4-3-5-10-21/h3-15,17H,1-2H3,(H,32,34). The van der Waals surface area contributed by atoms with Crippen molar-refractivity contribution < 1.29 is 14.3 Å². The van der Waals surface area contributed by atoms with Crippen molar-refractivity contribution in [3.05, 3.63) is 102 Å². The summed E-state index contributed by atoms with van der Waals surface area (Å²) in [5.41, 5.74) is 2.18. The number of anilines is 1. The predicted molar refractivity (Wildman–Crippen MR) is 136 cm³/mol. The topological polar surface area (TPSA) is 102 Å². The van der Waals surface area contributed by atoms with Gasteiger partial charge < -0.3 is 14.8 Å². The summed E-state index contributed by atoms with van der Waals surface area (Å²) >= 11 is 0. The molecule has 8 heteroatoms. The number of benzene rings is 3. The van der Waals surface area contributed by atoms with Gasteiger partial charge in [-0.25, -0.2) is 4.98 Å². The number of fused-ring (bicyclic) bond motifs is 1. The Kier molecular flexibility index (Phi) is 6.03. The quantitative estimate of drug-likeness (QED) is 0.340. The normalized spacial score (nSPS) is 10.6. The average Bonchev–Trinajstić information content (AvgIpc) is 3.31. The van der Waals surface area contributed by atoms with E-state index in [0.717, 1.165) is 10.9 Å². The van der Waals surface area contributed by atoms with E-state index in [2.05, 4.69) is 16.5 Å². The molecule has 5 rings (SSSR count). The smallest absolute Gasteiger partial charge is 0.256 e. The number of nitrogens with one attached hydrogen (secondary N) is 1. The molecule has 0 spiro atoms. The summed E-state index contributed by atoms with van der Waals surface area (Å²) in [5.74, 6) is 2.04. The fourth-order valence-corrected chi connectivity index (χ4v) is 3.88. The summed E-state index contributed by atoms with van der Waals surface area (Å²) in [6.07, 6.45) is 1.40. The lowest BCUT2D eigenvalue weighted by Gasteiger charge is -2.13. The van der Waals surface area contributed by atoms with Gasteiger partial charge in [0.2, 0.25) is 0 Å². The predicted octanol–water partition coefficient (Wildman–Crippen LogP) is 5.65. The highest BCUT2D eigenvalue weighted by Gasteiger charge is 2.19. The zero-order valence-electron chi connectivity index (χ0n) is 19.6. The van der Waals surface area contributed by atoms with E-state index >= 15 is 0 Å². The number of rotatable bonds is 6. The number of methoxy groups -OCH3 is 1. The first-order valence-corrected chi connectivity index (χ1v) is 11.1. The number of pyridine rings is 1. The van der Waals surface area contributed by atoms with Crippen molar-refractivity contribution in [2.45, 2.75) is 6.92 Å². The van der Waals surface area contributed by atoms with Crippen LogP contribution in [0.5, 0.6) is 17.2 Å². The highest BCUT2D eigenvalue weighted by Crippen LogP contribution is 2.29. The maximum atomic E-state index is 13.2. The Hall–Kier alpha value is -5.16. The van der Waals surface area contributed by atoms with E-state index in [1.54, 1.807) is 31.4 Å². The van der Waals surface area contributed by atoms with Crippen LogP contribution < -0.4 is 14.8 Å². The van der Waals surface area contributed by atoms with E-state index in [4.69, 9.17) is 14.5 Å². The lowest BCUT2D eigenvalue weighted by atomic mass is 10.1. The van der Waals surface area contributed by atoms with Crippen LogP contribution >= 0.6 is 0 Å². The van der Waals surface area contributed by atoms with Gasteiger partial charge in [0.1, 0.15) is 34.4 Å². The van der Waals surface area contributed by atoms with Crippen LogP contribution in [0.3, 0.4) is 0 Å². The van der Waals surface area contributed by atoms with Crippen LogP contribution in [0.4, 0.5) is 5.82 Å². The molecule has 0 bridgehead atoms. The zero-order valence-corrected chi connectivity index (χ0v) is 19.6. The molecule has 0 saturated carbocycles. The largest absolute Gasteiger partial charge is 0.494 e. The number of amides is 1. The Labute approximate surface area is 207 Å². The second-order valence-electron chi connectivity index (χ2n) is 7.98. The minimum Gasteiger partial charge on any atom is -0.494 e. The van der Waals surface area contributed by atoms with Crippen LogP contribution in [0.1, 0.15) is 21.5 Å². The summed E-state index contributed by atoms with van der Waals surface area (Å²) in [6.45, 7) is 1.96. The highest BCUT2D eigenvalue weighted by molar-refractivity contribution is 6.04. The maximum Gasteiger partial charge on any atom is 0.256 e. The molecule has 176 valence electrons. The number of nitriles is 1. The van der Waals surface area contributed by atoms with Crippen LogP contribution in [-0.2, 0) is 0 Å². The first kappa shape index (κ1) is 22.6. The number of hydrogen-bond donors (Lipinski definition) is 1. The third-order valence-corrected chi connectivity index (χ3v) is 5.63. The van der Waals surface area contributed by atoms with Gasteiger partial charge in [-0.3, -0.25) is 4.79 Å². The fourth-order valence-electron chi connectivity index (χ4n) is 3.88. The number of para-hydroxylation sites is 2. The van der Waals surface area contributed by atoms with Gasteiger partial charge in [-0.15, -0.1) is 0 Å². The number of aryl methyl sites for hydroxylation is 1. The van der Waals surface area contributed by atoms with E-state index in [1.165, 1.54) is 10.9 Å². The van der Waals surface area contributed by atoms with Gasteiger partial charge in [-0.2, -0.15) is 15.0 Å². The molecule has 2 heterocycles. The minimum absolute atomic E-state index is 0.208. The number of aromatic nitrogens is 3. The molecule has 1 N–H and O–H groups in total. The van der Waals surface area contributed by atoms with E-state index < -0.39 is 5.91 Å². The molecule has 0 radical (unpaired) electrons. The Morgan fingerprint density at radius 3 is 2.56 bits per heavy atom. The Bertz CT molecular complexity index is 1620. The van der Waals surface area contributed by atoms with Gasteiger partial charge in [0.05, 0.1) is 13.3 Å². The number of carbonyl (C=O) groups is 1. The van der Waals surface area contributed by atoms with Crippen molar-refractivity contribution >= 4 is 22.6 Å². The number of hydrogen-bond acceptors (Lipinski definition) is 6. The highest BCUT2D eigenvalue weighted by atomic mass is 16.5. The summed E-state index contributed by atoms with van der Waals surface area (Å²) in [5, 5.41) is 17.8. The molecular formula is C28H21N5O3. The lowest BCUT2D eigenvalue weighted by Crippen LogP contribution is -2.16. The first-order chi connectivity index (χ1) is 17.6. The van der Waals surface area contributed by atoms with Crippen molar-refractivity contribution in [1.82, 2.24) is 14.8 Å². The number of ether oxygens (including phenoxy) is 2. The zero-order chi connectivity index (χ0) is 25.1. The summed E-state index contributed by atoms with van der Waals surface area (Å²) in [4.78, 5) is 17.9. The van der Waals surface area contributed by atoms with Gasteiger partial charge in [-0.1, -0.05) is 36.4 Å². The molecule has 0 aliphatic carbocycles. The molecule has 5 aromatic rings. The molecule has 0 atom stereocenters. The Balaban J connectivity index is 1.49. The third kappa shape index (κ3) is 4.33. The summed E-state index contributed by atoms with van der Waals surface area (Å²) in [6, 6.07) is 25.7. The van der Waals surface area contributed by atoms with Crippen LogP contribution in [-0.4, -0.2) is 27.8 Å². The number of carbonyl (C=O) groups excluding carboxylic acids is 1. The van der Waals surface area contributed by atoms with Crippen molar-refractivity contribution in [2.75, 3.05) is 12.4 Å². The second kappa shape index (κ2) is 9.60. The van der Waals surface area contributed by atoms with Crippen LogP contribution in [0.25, 0.3) is 16.7 Å². The van der Waals surface area contributed by atoms with E-state index in [9.17, 15) is 10.1 Å². The van der Waals surface area contributed by atoms with Gasteiger partial charge in [0.25, 0.3) is 5.91 Å². The average molecular weight is 476 g/mol. The second-order valence-corrected chi connectivity index (χ2v) is 7.98. The molecule has 3 aromatic carbocycles. The Morgan fingerprint density at radius 1 is 1.00 bits per heavy atom. The minimum atomic E-state index is -0.415. The van der Waals surface area contributed by atoms with Gasteiger partial charge in [0, 0.05) is 10.9 Å². The van der Waals surface area contributed by atoms with Crippen LogP contribution in [0.15, 0.2) is 85.1 Å². The molecule has 1 amide bonds. The summed E-state index contributed by atoms with van der Waals surface area (Å²) < 4.78 is 12.8. The SMILES string of the molecule is COc1cccc2c(C)cc(-n3ncc(C#N)c3NC(=O)c3cccc(Oc4ccccc4)c3)nc12. The monoisotopic (exact) mass is 475 g/mol. The molecule has 0 aliphatic rings. The van der Waals surface area contributed by atoms with Crippen molar-refractivity contribution in [3.8, 4) is 29.1 Å². The van der Waals surface area contributed by atoms with Crippen LogP contribution in [0.2, 0.25) is 0 Å². The van der Waals surface area contributed by atoms with E-state index in [0.29, 0.717) is 34.1 Å². The number of nitrogens with zero attached hydrogens (tertiary/aromatic N) is 4. The van der Waals surface area contributed by atoms with Gasteiger partial charge in [0.15, 0.2) is 11.6 Å². The molecule has 0 fully saturated rings. The van der Waals surface area contributed by atoms with E-state index in [-0.39, 0.29) is 11.4 Å². The molecule has 0 unspecified atom stereocenters. The molecule has 0 aliphatic heterocycles. The first-order valence-electron chi connectivity index (χ1n) is 11.1. The molecule has 2 aromatic heterocycles. The summed E-state index contributed by atoms with van der Waals surface area (Å²) in [7, 11) is 1.58. The van der Waals surface area contributed by atoms with Crippen molar-refractivity contribution in [1.29, 1.82) is 5.26 Å². The van der Waals surface area contributed by atoms with Crippen LogP contribution in [0, 0.1) is 18.3 Å². The molecular weight excluding hydrogens is 454 g/mol. The lowest BCUT2D eigenvalue weighted by molar-refractivity contribution is 0.102. The van der Waals surface area contributed by atoms with Gasteiger partial charge in [-0.05, 0) is 55.0 Å². The van der Waals surface area contributed by atoms with Crippen molar-refractivity contribution in [3.63, 3.8) is 0 Å². The fraction of sp³-hybridized carbons (Fsp3) is 0.0714. The third-order valence-electron chi connectivity index (χ3n) is 5.63. The maximum absolute atomic E-state index is 13.2. The molecule has 0 saturated heterocycles. The van der Waals surface area contributed by atoms with Gasteiger partial charge >= 0.3 is 0 Å².